The van der Waals surface area contributed by atoms with E-state index < -0.39 is 0 Å². The summed E-state index contributed by atoms with van der Waals surface area (Å²) in [6, 6.07) is 15.1. The van der Waals surface area contributed by atoms with E-state index in [1.165, 1.54) is 33.6 Å². The van der Waals surface area contributed by atoms with E-state index in [2.05, 4.69) is 83.7 Å². The number of anilines is 2. The van der Waals surface area contributed by atoms with Gasteiger partial charge in [0, 0.05) is 19.2 Å². The molecule has 2 aliphatic heterocycles. The Morgan fingerprint density at radius 1 is 1.04 bits per heavy atom. The summed E-state index contributed by atoms with van der Waals surface area (Å²) < 4.78 is 0. The third-order valence-corrected chi connectivity index (χ3v) is 4.59. The Hall–Kier alpha value is -2.68. The quantitative estimate of drug-likeness (QED) is 0.787. The molecule has 0 saturated carbocycles. The molecular formula is C21H23N3. The molecule has 122 valence electrons. The maximum Gasteiger partial charge on any atom is 0.0935 e. The molecule has 3 heteroatoms. The van der Waals surface area contributed by atoms with E-state index in [-0.39, 0.29) is 6.17 Å². The van der Waals surface area contributed by atoms with Gasteiger partial charge in [-0.05, 0) is 41.7 Å². The van der Waals surface area contributed by atoms with Gasteiger partial charge in [0.05, 0.1) is 17.5 Å². The Balaban J connectivity index is 1.81. The molecule has 0 aromatic heterocycles. The van der Waals surface area contributed by atoms with Crippen molar-refractivity contribution in [3.05, 3.63) is 77.5 Å². The Labute approximate surface area is 143 Å². The van der Waals surface area contributed by atoms with Gasteiger partial charge >= 0.3 is 0 Å². The van der Waals surface area contributed by atoms with Crippen molar-refractivity contribution >= 4 is 16.9 Å². The van der Waals surface area contributed by atoms with E-state index in [1.807, 2.05) is 0 Å². The van der Waals surface area contributed by atoms with Crippen LogP contribution in [0.25, 0.3) is 5.57 Å². The average Bonchev–Trinajstić information content (AvgIpc) is 2.81. The Morgan fingerprint density at radius 2 is 1.92 bits per heavy atom. The molecule has 0 saturated heterocycles. The third kappa shape index (κ3) is 2.90. The van der Waals surface area contributed by atoms with Crippen LogP contribution in [0.15, 0.2) is 60.8 Å². The van der Waals surface area contributed by atoms with Gasteiger partial charge in [-0.25, -0.2) is 0 Å². The molecular weight excluding hydrogens is 294 g/mol. The molecule has 0 aliphatic carbocycles. The lowest BCUT2D eigenvalue weighted by atomic mass is 9.92. The first-order chi connectivity index (χ1) is 11.8. The van der Waals surface area contributed by atoms with E-state index in [4.69, 9.17) is 0 Å². The van der Waals surface area contributed by atoms with Crippen molar-refractivity contribution in [3.8, 4) is 0 Å². The third-order valence-electron chi connectivity index (χ3n) is 4.59. The maximum absolute atomic E-state index is 3.60. The summed E-state index contributed by atoms with van der Waals surface area (Å²) in [5.74, 6) is 0. The zero-order valence-corrected chi connectivity index (χ0v) is 14.0. The summed E-state index contributed by atoms with van der Waals surface area (Å²) >= 11 is 0. The van der Waals surface area contributed by atoms with E-state index in [1.54, 1.807) is 0 Å². The molecule has 24 heavy (non-hydrogen) atoms. The fourth-order valence-corrected chi connectivity index (χ4v) is 3.45. The van der Waals surface area contributed by atoms with Gasteiger partial charge in [0.15, 0.2) is 0 Å². The molecule has 3 nitrogen and oxygen atoms in total. The summed E-state index contributed by atoms with van der Waals surface area (Å²) in [4.78, 5) is 0. The second-order valence-electron chi connectivity index (χ2n) is 6.43. The van der Waals surface area contributed by atoms with Crippen LogP contribution in [0, 0.1) is 0 Å². The van der Waals surface area contributed by atoms with Gasteiger partial charge in [-0.3, -0.25) is 0 Å². The van der Waals surface area contributed by atoms with Crippen LogP contribution >= 0.6 is 0 Å². The Bertz CT molecular complexity index is 790. The summed E-state index contributed by atoms with van der Waals surface area (Å²) in [7, 11) is 0. The zero-order chi connectivity index (χ0) is 16.4. The highest BCUT2D eigenvalue weighted by Gasteiger charge is 2.22. The van der Waals surface area contributed by atoms with Gasteiger partial charge < -0.3 is 16.0 Å². The van der Waals surface area contributed by atoms with Crippen LogP contribution in [-0.4, -0.2) is 12.7 Å². The summed E-state index contributed by atoms with van der Waals surface area (Å²) in [5, 5.41) is 10.5. The monoisotopic (exact) mass is 317 g/mol. The number of benzene rings is 2. The van der Waals surface area contributed by atoms with Crippen molar-refractivity contribution < 1.29 is 0 Å². The minimum absolute atomic E-state index is 0.265. The number of allylic oxidation sites excluding steroid dienone is 2. The van der Waals surface area contributed by atoms with E-state index in [0.29, 0.717) is 0 Å². The first kappa shape index (κ1) is 14.9. The van der Waals surface area contributed by atoms with E-state index in [0.717, 1.165) is 19.4 Å². The van der Waals surface area contributed by atoms with Crippen molar-refractivity contribution in [1.82, 2.24) is 5.32 Å². The Kier molecular flexibility index (Phi) is 3.99. The van der Waals surface area contributed by atoms with E-state index >= 15 is 0 Å². The largest absolute Gasteiger partial charge is 0.390 e. The van der Waals surface area contributed by atoms with Crippen LogP contribution in [0.3, 0.4) is 0 Å². The van der Waals surface area contributed by atoms with Gasteiger partial charge in [-0.15, -0.1) is 0 Å². The number of hydrogen-bond donors (Lipinski definition) is 3. The van der Waals surface area contributed by atoms with Crippen LogP contribution in [-0.2, 0) is 6.42 Å². The lowest BCUT2D eigenvalue weighted by Gasteiger charge is -2.15. The number of nitrogens with one attached hydrogen (secondary N) is 3. The maximum atomic E-state index is 3.60. The van der Waals surface area contributed by atoms with Gasteiger partial charge in [-0.2, -0.15) is 0 Å². The van der Waals surface area contributed by atoms with Crippen molar-refractivity contribution in [2.75, 3.05) is 17.2 Å². The molecule has 2 aromatic rings. The molecule has 2 aliphatic rings. The van der Waals surface area contributed by atoms with Crippen molar-refractivity contribution in [2.24, 2.45) is 0 Å². The zero-order valence-electron chi connectivity index (χ0n) is 14.0. The van der Waals surface area contributed by atoms with Gasteiger partial charge in [-0.1, -0.05) is 48.6 Å². The minimum Gasteiger partial charge on any atom is -0.390 e. The van der Waals surface area contributed by atoms with Crippen molar-refractivity contribution in [1.29, 1.82) is 0 Å². The molecule has 1 unspecified atom stereocenters. The molecule has 2 heterocycles. The van der Waals surface area contributed by atoms with Crippen molar-refractivity contribution in [3.63, 3.8) is 0 Å². The second-order valence-corrected chi connectivity index (χ2v) is 6.43. The molecule has 0 bridgehead atoms. The SMILES string of the molecule is CC1Nc2ccc(C3=CNCCC=C3)c(Cc3ccccc3)c2N1. The van der Waals surface area contributed by atoms with Gasteiger partial charge in [0.25, 0.3) is 0 Å². The summed E-state index contributed by atoms with van der Waals surface area (Å²) in [6.45, 7) is 3.15. The predicted octanol–water partition coefficient (Wildman–Crippen LogP) is 4.35. The van der Waals surface area contributed by atoms with Crippen LogP contribution in [0.5, 0.6) is 0 Å². The van der Waals surface area contributed by atoms with Crippen LogP contribution in [0.4, 0.5) is 11.4 Å². The van der Waals surface area contributed by atoms with Crippen LogP contribution in [0.2, 0.25) is 0 Å². The molecule has 3 N–H and O–H groups in total. The topological polar surface area (TPSA) is 36.1 Å². The summed E-state index contributed by atoms with van der Waals surface area (Å²) in [5.41, 5.74) is 7.68. The highest BCUT2D eigenvalue weighted by molar-refractivity contribution is 5.87. The van der Waals surface area contributed by atoms with Gasteiger partial charge in [0.2, 0.25) is 0 Å². The number of rotatable bonds is 3. The minimum atomic E-state index is 0.265. The smallest absolute Gasteiger partial charge is 0.0935 e. The lowest BCUT2D eigenvalue weighted by molar-refractivity contribution is 0.860. The molecule has 0 fully saturated rings. The summed E-state index contributed by atoms with van der Waals surface area (Å²) in [6.07, 6.45) is 8.89. The molecule has 4 rings (SSSR count). The number of hydrogen-bond acceptors (Lipinski definition) is 3. The standard InChI is InChI=1S/C21H23N3/c1-15-23-20-11-10-18(17-9-5-6-12-22-14-17)19(21(20)24-15)13-16-7-3-2-4-8-16/h2-5,7-11,14-15,22-24H,6,12-13H2,1H3. The molecule has 0 radical (unpaired) electrons. The first-order valence-corrected chi connectivity index (χ1v) is 8.64. The molecule has 0 spiro atoms. The average molecular weight is 317 g/mol. The fraction of sp³-hybridized carbons (Fsp3) is 0.238. The second kappa shape index (κ2) is 6.44. The normalized spacial score (nSPS) is 18.7. The molecule has 1 atom stereocenters. The van der Waals surface area contributed by atoms with Crippen LogP contribution < -0.4 is 16.0 Å². The van der Waals surface area contributed by atoms with Crippen LogP contribution in [0.1, 0.15) is 30.0 Å². The highest BCUT2D eigenvalue weighted by Crippen LogP contribution is 2.38. The fourth-order valence-electron chi connectivity index (χ4n) is 3.45. The predicted molar refractivity (Wildman–Crippen MR) is 102 cm³/mol. The number of fused-ring (bicyclic) bond motifs is 1. The Morgan fingerprint density at radius 3 is 2.79 bits per heavy atom. The lowest BCUT2D eigenvalue weighted by Crippen LogP contribution is -2.16. The first-order valence-electron chi connectivity index (χ1n) is 8.64. The highest BCUT2D eigenvalue weighted by atomic mass is 15.2. The van der Waals surface area contributed by atoms with E-state index in [9.17, 15) is 0 Å². The molecule has 2 aromatic carbocycles. The van der Waals surface area contributed by atoms with Crippen molar-refractivity contribution in [2.45, 2.75) is 25.9 Å². The molecule has 0 amide bonds. The van der Waals surface area contributed by atoms with Gasteiger partial charge in [0.1, 0.15) is 0 Å².